The summed E-state index contributed by atoms with van der Waals surface area (Å²) in [6.45, 7) is 9.00. The molecule has 2 nitrogen and oxygen atoms in total. The van der Waals surface area contributed by atoms with Crippen molar-refractivity contribution in [2.75, 3.05) is 6.54 Å². The second-order valence-corrected chi connectivity index (χ2v) is 4.96. The lowest BCUT2D eigenvalue weighted by atomic mass is 9.96. The van der Waals surface area contributed by atoms with Crippen LogP contribution in [0.2, 0.25) is 0 Å². The van der Waals surface area contributed by atoms with E-state index in [1.165, 1.54) is 5.56 Å². The number of carbonyl (C=O) groups excluding carboxylic acids is 1. The van der Waals surface area contributed by atoms with Crippen molar-refractivity contribution in [3.05, 3.63) is 35.4 Å². The van der Waals surface area contributed by atoms with Crippen molar-refractivity contribution >= 4 is 5.91 Å². The van der Waals surface area contributed by atoms with E-state index in [4.69, 9.17) is 0 Å². The van der Waals surface area contributed by atoms with Crippen LogP contribution < -0.4 is 5.32 Å². The third-order valence-corrected chi connectivity index (χ3v) is 2.87. The zero-order valence-corrected chi connectivity index (χ0v) is 11.3. The summed E-state index contributed by atoms with van der Waals surface area (Å²) in [5.74, 6) is 0.703. The number of likely N-dealkylation sites (N-methyl/N-ethyl adjacent to an activating group) is 1. The van der Waals surface area contributed by atoms with Crippen molar-refractivity contribution in [2.24, 2.45) is 5.92 Å². The molecule has 1 aromatic rings. The minimum atomic E-state index is -0.0666. The minimum Gasteiger partial charge on any atom is -0.356 e. The number of carbonyl (C=O) groups is 1. The Morgan fingerprint density at radius 3 is 2.24 bits per heavy atom. The van der Waals surface area contributed by atoms with E-state index in [0.29, 0.717) is 12.5 Å². The first-order valence-electron chi connectivity index (χ1n) is 6.41. The standard InChI is InChI=1S/C15H23NO/c1-5-16-15(17)12(4)14-8-6-13(7-9-14)10-11(2)3/h6-9,11-12H,5,10H2,1-4H3,(H,16,17)/t12-/m0/s1. The third kappa shape index (κ3) is 4.22. The Hall–Kier alpha value is -1.31. The molecule has 1 N–H and O–H groups in total. The second-order valence-electron chi connectivity index (χ2n) is 4.96. The SMILES string of the molecule is CCNC(=O)[C@@H](C)c1ccc(CC(C)C)cc1. The van der Waals surface area contributed by atoms with Crippen molar-refractivity contribution < 1.29 is 4.79 Å². The molecule has 0 radical (unpaired) electrons. The summed E-state index contributed by atoms with van der Waals surface area (Å²) < 4.78 is 0. The second kappa shape index (κ2) is 6.43. The summed E-state index contributed by atoms with van der Waals surface area (Å²) in [7, 11) is 0. The lowest BCUT2D eigenvalue weighted by molar-refractivity contribution is -0.122. The topological polar surface area (TPSA) is 29.1 Å². The highest BCUT2D eigenvalue weighted by atomic mass is 16.1. The van der Waals surface area contributed by atoms with Gasteiger partial charge in [0.05, 0.1) is 5.92 Å². The normalized spacial score (nSPS) is 12.5. The van der Waals surface area contributed by atoms with Crippen LogP contribution in [-0.2, 0) is 11.2 Å². The first-order chi connectivity index (χ1) is 8.04. The molecule has 0 aliphatic heterocycles. The monoisotopic (exact) mass is 233 g/mol. The van der Waals surface area contributed by atoms with Gasteiger partial charge in [0.25, 0.3) is 0 Å². The molecule has 0 fully saturated rings. The Morgan fingerprint density at radius 1 is 1.18 bits per heavy atom. The zero-order chi connectivity index (χ0) is 12.8. The van der Waals surface area contributed by atoms with Gasteiger partial charge in [-0.15, -0.1) is 0 Å². The van der Waals surface area contributed by atoms with Gasteiger partial charge in [-0.1, -0.05) is 38.1 Å². The van der Waals surface area contributed by atoms with Crippen molar-refractivity contribution in [1.82, 2.24) is 5.32 Å². The molecule has 0 bridgehead atoms. The molecule has 1 atom stereocenters. The van der Waals surface area contributed by atoms with Gasteiger partial charge in [0.1, 0.15) is 0 Å². The summed E-state index contributed by atoms with van der Waals surface area (Å²) in [6, 6.07) is 8.39. The number of hydrogen-bond donors (Lipinski definition) is 1. The number of amides is 1. The van der Waals surface area contributed by atoms with Gasteiger partial charge in [-0.3, -0.25) is 4.79 Å². The van der Waals surface area contributed by atoms with Crippen LogP contribution in [0.4, 0.5) is 0 Å². The van der Waals surface area contributed by atoms with Gasteiger partial charge >= 0.3 is 0 Å². The molecule has 0 heterocycles. The molecule has 2 heteroatoms. The minimum absolute atomic E-state index is 0.0666. The van der Waals surface area contributed by atoms with Crippen molar-refractivity contribution in [3.63, 3.8) is 0 Å². The van der Waals surface area contributed by atoms with E-state index in [1.54, 1.807) is 0 Å². The maximum Gasteiger partial charge on any atom is 0.227 e. The van der Waals surface area contributed by atoms with Gasteiger partial charge in [-0.2, -0.15) is 0 Å². The number of nitrogens with one attached hydrogen (secondary N) is 1. The fraction of sp³-hybridized carbons (Fsp3) is 0.533. The van der Waals surface area contributed by atoms with Crippen LogP contribution in [0.15, 0.2) is 24.3 Å². The van der Waals surface area contributed by atoms with Gasteiger partial charge in [-0.25, -0.2) is 0 Å². The summed E-state index contributed by atoms with van der Waals surface area (Å²) in [6.07, 6.45) is 1.09. The molecule has 17 heavy (non-hydrogen) atoms. The van der Waals surface area contributed by atoms with Gasteiger partial charge in [-0.05, 0) is 37.3 Å². The molecule has 0 aliphatic carbocycles. The highest BCUT2D eigenvalue weighted by molar-refractivity contribution is 5.83. The fourth-order valence-electron chi connectivity index (χ4n) is 1.89. The summed E-state index contributed by atoms with van der Waals surface area (Å²) in [4.78, 5) is 11.7. The summed E-state index contributed by atoms with van der Waals surface area (Å²) in [5.41, 5.74) is 2.43. The highest BCUT2D eigenvalue weighted by Crippen LogP contribution is 2.17. The maximum atomic E-state index is 11.7. The predicted molar refractivity (Wildman–Crippen MR) is 72.1 cm³/mol. The first kappa shape index (κ1) is 13.8. The largest absolute Gasteiger partial charge is 0.356 e. The Morgan fingerprint density at radius 2 is 1.76 bits per heavy atom. The molecular weight excluding hydrogens is 210 g/mol. The Balaban J connectivity index is 2.70. The van der Waals surface area contributed by atoms with E-state index in [-0.39, 0.29) is 11.8 Å². The van der Waals surface area contributed by atoms with E-state index in [1.807, 2.05) is 13.8 Å². The van der Waals surface area contributed by atoms with Crippen LogP contribution in [0.5, 0.6) is 0 Å². The molecule has 1 amide bonds. The van der Waals surface area contributed by atoms with Crippen LogP contribution in [0.1, 0.15) is 44.7 Å². The third-order valence-electron chi connectivity index (χ3n) is 2.87. The molecule has 0 saturated carbocycles. The molecule has 1 rings (SSSR count). The van der Waals surface area contributed by atoms with E-state index in [9.17, 15) is 4.79 Å². The molecule has 0 aliphatic rings. The smallest absolute Gasteiger partial charge is 0.227 e. The van der Waals surface area contributed by atoms with E-state index >= 15 is 0 Å². The summed E-state index contributed by atoms with van der Waals surface area (Å²) in [5, 5.41) is 2.85. The molecule has 0 saturated heterocycles. The quantitative estimate of drug-likeness (QED) is 0.831. The number of hydrogen-bond acceptors (Lipinski definition) is 1. The van der Waals surface area contributed by atoms with Crippen molar-refractivity contribution in [3.8, 4) is 0 Å². The van der Waals surface area contributed by atoms with Crippen molar-refractivity contribution in [1.29, 1.82) is 0 Å². The van der Waals surface area contributed by atoms with Crippen LogP contribution >= 0.6 is 0 Å². The summed E-state index contributed by atoms with van der Waals surface area (Å²) >= 11 is 0. The molecule has 0 spiro atoms. The molecule has 1 aromatic carbocycles. The predicted octanol–water partition coefficient (Wildman–Crippen LogP) is 3.12. The molecule has 94 valence electrons. The maximum absolute atomic E-state index is 11.7. The van der Waals surface area contributed by atoms with Crippen LogP contribution in [0.25, 0.3) is 0 Å². The van der Waals surface area contributed by atoms with Crippen molar-refractivity contribution in [2.45, 2.75) is 40.0 Å². The lowest BCUT2D eigenvalue weighted by Gasteiger charge is -2.12. The number of rotatable bonds is 5. The first-order valence-corrected chi connectivity index (χ1v) is 6.41. The van der Waals surface area contributed by atoms with Gasteiger partial charge in [0, 0.05) is 6.54 Å². The van der Waals surface area contributed by atoms with Crippen LogP contribution in [0, 0.1) is 5.92 Å². The molecule has 0 unspecified atom stereocenters. The Kier molecular flexibility index (Phi) is 5.20. The van der Waals surface area contributed by atoms with Crippen LogP contribution in [-0.4, -0.2) is 12.5 Å². The number of benzene rings is 1. The van der Waals surface area contributed by atoms with E-state index in [0.717, 1.165) is 12.0 Å². The molecular formula is C15H23NO. The Bertz CT molecular complexity index is 354. The lowest BCUT2D eigenvalue weighted by Crippen LogP contribution is -2.27. The van der Waals surface area contributed by atoms with E-state index < -0.39 is 0 Å². The highest BCUT2D eigenvalue weighted by Gasteiger charge is 2.13. The van der Waals surface area contributed by atoms with Gasteiger partial charge in [0.2, 0.25) is 5.91 Å². The fourth-order valence-corrected chi connectivity index (χ4v) is 1.89. The van der Waals surface area contributed by atoms with Gasteiger partial charge < -0.3 is 5.32 Å². The average molecular weight is 233 g/mol. The van der Waals surface area contributed by atoms with Gasteiger partial charge in [0.15, 0.2) is 0 Å². The zero-order valence-electron chi connectivity index (χ0n) is 11.3. The van der Waals surface area contributed by atoms with E-state index in [2.05, 4.69) is 43.4 Å². The Labute approximate surface area is 104 Å². The average Bonchev–Trinajstić information content (AvgIpc) is 2.28. The molecule has 0 aromatic heterocycles. The van der Waals surface area contributed by atoms with Crippen LogP contribution in [0.3, 0.4) is 0 Å².